The quantitative estimate of drug-likeness (QED) is 0.876. The topological polar surface area (TPSA) is 41.6 Å². The number of carbonyl (C=O) groups excluding carboxylic acids is 1. The van der Waals surface area contributed by atoms with E-state index in [2.05, 4.69) is 5.32 Å². The van der Waals surface area contributed by atoms with E-state index in [1.165, 1.54) is 12.1 Å². The molecule has 1 heterocycles. The van der Waals surface area contributed by atoms with Crippen LogP contribution in [-0.2, 0) is 9.53 Å². The Hall–Kier alpha value is -1.53. The zero-order chi connectivity index (χ0) is 16.1. The zero-order valence-corrected chi connectivity index (χ0v) is 12.9. The SMILES string of the molecule is CC(c1ccc(F)c(F)c1)N(C)CC(=O)NCC1CCCO1. The number of benzene rings is 1. The van der Waals surface area contributed by atoms with Gasteiger partial charge in [0.05, 0.1) is 12.6 Å². The molecule has 1 aliphatic rings. The Morgan fingerprint density at radius 3 is 2.86 bits per heavy atom. The number of nitrogens with one attached hydrogen (secondary N) is 1. The van der Waals surface area contributed by atoms with Crippen molar-refractivity contribution >= 4 is 5.91 Å². The summed E-state index contributed by atoms with van der Waals surface area (Å²) in [5, 5.41) is 2.84. The zero-order valence-electron chi connectivity index (χ0n) is 12.9. The highest BCUT2D eigenvalue weighted by Crippen LogP contribution is 2.20. The molecule has 0 bridgehead atoms. The fourth-order valence-corrected chi connectivity index (χ4v) is 2.48. The monoisotopic (exact) mass is 312 g/mol. The fraction of sp³-hybridized carbons (Fsp3) is 0.562. The molecule has 2 unspecified atom stereocenters. The van der Waals surface area contributed by atoms with Crippen LogP contribution in [0.3, 0.4) is 0 Å². The molecule has 1 aromatic carbocycles. The third-order valence-corrected chi connectivity index (χ3v) is 4.03. The minimum absolute atomic E-state index is 0.104. The van der Waals surface area contributed by atoms with Crippen LogP contribution in [0.5, 0.6) is 0 Å². The molecule has 1 saturated heterocycles. The van der Waals surface area contributed by atoms with E-state index in [4.69, 9.17) is 4.74 Å². The number of halogens is 2. The molecule has 0 aromatic heterocycles. The Kier molecular flexibility index (Phi) is 5.85. The first-order valence-electron chi connectivity index (χ1n) is 7.51. The van der Waals surface area contributed by atoms with Crippen LogP contribution < -0.4 is 5.32 Å². The lowest BCUT2D eigenvalue weighted by atomic mass is 10.1. The number of nitrogens with zero attached hydrogens (tertiary/aromatic N) is 1. The number of hydrogen-bond acceptors (Lipinski definition) is 3. The molecule has 0 saturated carbocycles. The lowest BCUT2D eigenvalue weighted by Gasteiger charge is -2.24. The van der Waals surface area contributed by atoms with Gasteiger partial charge in [-0.2, -0.15) is 0 Å². The van der Waals surface area contributed by atoms with Crippen LogP contribution in [0.1, 0.15) is 31.4 Å². The van der Waals surface area contributed by atoms with Gasteiger partial charge in [0.1, 0.15) is 0 Å². The van der Waals surface area contributed by atoms with Gasteiger partial charge < -0.3 is 10.1 Å². The second kappa shape index (κ2) is 7.65. The summed E-state index contributed by atoms with van der Waals surface area (Å²) in [6, 6.07) is 3.61. The maximum atomic E-state index is 13.3. The molecule has 122 valence electrons. The van der Waals surface area contributed by atoms with Crippen LogP contribution in [0, 0.1) is 11.6 Å². The van der Waals surface area contributed by atoms with Crippen molar-refractivity contribution in [1.82, 2.24) is 10.2 Å². The molecule has 1 aromatic rings. The van der Waals surface area contributed by atoms with Crippen molar-refractivity contribution in [2.75, 3.05) is 26.7 Å². The summed E-state index contributed by atoms with van der Waals surface area (Å²) in [6.07, 6.45) is 2.12. The fourth-order valence-electron chi connectivity index (χ4n) is 2.48. The molecule has 1 N–H and O–H groups in total. The van der Waals surface area contributed by atoms with E-state index >= 15 is 0 Å². The number of likely N-dealkylation sites (N-methyl/N-ethyl adjacent to an activating group) is 1. The van der Waals surface area contributed by atoms with Crippen molar-refractivity contribution in [2.45, 2.75) is 31.9 Å². The molecule has 22 heavy (non-hydrogen) atoms. The van der Waals surface area contributed by atoms with Gasteiger partial charge in [0.25, 0.3) is 0 Å². The highest BCUT2D eigenvalue weighted by Gasteiger charge is 2.19. The van der Waals surface area contributed by atoms with Crippen LogP contribution >= 0.6 is 0 Å². The predicted octanol–water partition coefficient (Wildman–Crippen LogP) is 2.25. The second-order valence-electron chi connectivity index (χ2n) is 5.70. The van der Waals surface area contributed by atoms with Crippen LogP contribution in [-0.4, -0.2) is 43.7 Å². The molecular weight excluding hydrogens is 290 g/mol. The molecule has 6 heteroatoms. The molecule has 1 aliphatic heterocycles. The van der Waals surface area contributed by atoms with Gasteiger partial charge in [0.15, 0.2) is 11.6 Å². The van der Waals surface area contributed by atoms with E-state index in [-0.39, 0.29) is 24.6 Å². The molecule has 2 rings (SSSR count). The Labute approximate surface area is 129 Å². The predicted molar refractivity (Wildman–Crippen MR) is 79.4 cm³/mol. The van der Waals surface area contributed by atoms with Crippen molar-refractivity contribution in [2.24, 2.45) is 0 Å². The van der Waals surface area contributed by atoms with Crippen LogP contribution in [0.4, 0.5) is 8.78 Å². The molecule has 0 spiro atoms. The molecule has 4 nitrogen and oxygen atoms in total. The summed E-state index contributed by atoms with van der Waals surface area (Å²) in [6.45, 7) is 3.31. The molecule has 0 aliphatic carbocycles. The van der Waals surface area contributed by atoms with Crippen LogP contribution in [0.15, 0.2) is 18.2 Å². The summed E-state index contributed by atoms with van der Waals surface area (Å²) in [7, 11) is 1.78. The van der Waals surface area contributed by atoms with Crippen molar-refractivity contribution in [3.8, 4) is 0 Å². The summed E-state index contributed by atoms with van der Waals surface area (Å²) in [4.78, 5) is 13.7. The maximum Gasteiger partial charge on any atom is 0.234 e. The van der Waals surface area contributed by atoms with Crippen LogP contribution in [0.2, 0.25) is 0 Å². The number of rotatable bonds is 6. The first kappa shape index (κ1) is 16.8. The van der Waals surface area contributed by atoms with E-state index in [9.17, 15) is 13.6 Å². The minimum atomic E-state index is -0.874. The lowest BCUT2D eigenvalue weighted by Crippen LogP contribution is -2.39. The number of ether oxygens (including phenoxy) is 1. The Morgan fingerprint density at radius 1 is 1.45 bits per heavy atom. The van der Waals surface area contributed by atoms with Gasteiger partial charge >= 0.3 is 0 Å². The largest absolute Gasteiger partial charge is 0.376 e. The first-order chi connectivity index (χ1) is 10.5. The summed E-state index contributed by atoms with van der Waals surface area (Å²) in [5.41, 5.74) is 0.633. The highest BCUT2D eigenvalue weighted by atomic mass is 19.2. The average Bonchev–Trinajstić information content (AvgIpc) is 3.00. The molecule has 1 fully saturated rings. The van der Waals surface area contributed by atoms with Gasteiger partial charge in [-0.25, -0.2) is 8.78 Å². The second-order valence-corrected chi connectivity index (χ2v) is 5.70. The summed E-state index contributed by atoms with van der Waals surface area (Å²) < 4.78 is 31.7. The van der Waals surface area contributed by atoms with Crippen LogP contribution in [0.25, 0.3) is 0 Å². The lowest BCUT2D eigenvalue weighted by molar-refractivity contribution is -0.122. The third kappa shape index (κ3) is 4.48. The summed E-state index contributed by atoms with van der Waals surface area (Å²) >= 11 is 0. The van der Waals surface area contributed by atoms with E-state index < -0.39 is 11.6 Å². The first-order valence-corrected chi connectivity index (χ1v) is 7.51. The third-order valence-electron chi connectivity index (χ3n) is 4.03. The van der Waals surface area contributed by atoms with Crippen molar-refractivity contribution in [1.29, 1.82) is 0 Å². The highest BCUT2D eigenvalue weighted by molar-refractivity contribution is 5.78. The standard InChI is InChI=1S/C16H22F2N2O2/c1-11(12-5-6-14(17)15(18)8-12)20(2)10-16(21)19-9-13-4-3-7-22-13/h5-6,8,11,13H,3-4,7,9-10H2,1-2H3,(H,19,21). The van der Waals surface area contributed by atoms with Gasteiger partial charge in [-0.15, -0.1) is 0 Å². The minimum Gasteiger partial charge on any atom is -0.376 e. The van der Waals surface area contributed by atoms with Crippen molar-refractivity contribution in [3.05, 3.63) is 35.4 Å². The van der Waals surface area contributed by atoms with E-state index in [0.717, 1.165) is 25.5 Å². The normalized spacial score (nSPS) is 19.4. The van der Waals surface area contributed by atoms with Crippen molar-refractivity contribution < 1.29 is 18.3 Å². The molecular formula is C16H22F2N2O2. The summed E-state index contributed by atoms with van der Waals surface area (Å²) in [5.74, 6) is -1.85. The van der Waals surface area contributed by atoms with Gasteiger partial charge in [-0.3, -0.25) is 9.69 Å². The van der Waals surface area contributed by atoms with Gasteiger partial charge in [0.2, 0.25) is 5.91 Å². The Morgan fingerprint density at radius 2 is 2.23 bits per heavy atom. The molecule has 2 atom stereocenters. The smallest absolute Gasteiger partial charge is 0.234 e. The van der Waals surface area contributed by atoms with Gasteiger partial charge in [-0.1, -0.05) is 6.07 Å². The molecule has 0 radical (unpaired) electrons. The van der Waals surface area contributed by atoms with Gasteiger partial charge in [-0.05, 0) is 44.5 Å². The van der Waals surface area contributed by atoms with E-state index in [1.54, 1.807) is 11.9 Å². The Balaban J connectivity index is 1.83. The molecule has 1 amide bonds. The number of hydrogen-bond donors (Lipinski definition) is 1. The maximum absolute atomic E-state index is 13.3. The number of carbonyl (C=O) groups is 1. The average molecular weight is 312 g/mol. The van der Waals surface area contributed by atoms with E-state index in [0.29, 0.717) is 12.1 Å². The van der Waals surface area contributed by atoms with E-state index in [1.807, 2.05) is 6.92 Å². The van der Waals surface area contributed by atoms with Crippen molar-refractivity contribution in [3.63, 3.8) is 0 Å². The Bertz CT molecular complexity index is 519. The van der Waals surface area contributed by atoms with Gasteiger partial charge in [0, 0.05) is 19.2 Å². The number of amides is 1.